The zero-order chi connectivity index (χ0) is 14.0. The van der Waals surface area contributed by atoms with Crippen molar-refractivity contribution in [1.29, 1.82) is 0 Å². The van der Waals surface area contributed by atoms with Crippen LogP contribution in [-0.2, 0) is 16.6 Å². The molecule has 0 unspecified atom stereocenters. The van der Waals surface area contributed by atoms with E-state index in [2.05, 4.69) is 0 Å². The summed E-state index contributed by atoms with van der Waals surface area (Å²) in [5.41, 5.74) is 0.302. The summed E-state index contributed by atoms with van der Waals surface area (Å²) in [5, 5.41) is 8.77. The fraction of sp³-hybridized carbons (Fsp3) is 0.462. The number of rotatable bonds is 4. The van der Waals surface area contributed by atoms with Gasteiger partial charge in [0.25, 0.3) is 0 Å². The van der Waals surface area contributed by atoms with Crippen LogP contribution >= 0.6 is 0 Å². The molecule has 100 valence electrons. The van der Waals surface area contributed by atoms with Gasteiger partial charge in [0, 0.05) is 5.41 Å². The van der Waals surface area contributed by atoms with Gasteiger partial charge in [0.2, 0.25) is 0 Å². The Morgan fingerprint density at radius 2 is 1.67 bits per heavy atom. The number of halogens is 3. The second-order valence-corrected chi connectivity index (χ2v) is 4.94. The molecule has 0 aliphatic rings. The van der Waals surface area contributed by atoms with Crippen molar-refractivity contribution in [3.05, 3.63) is 35.4 Å². The van der Waals surface area contributed by atoms with Crippen LogP contribution in [0.25, 0.3) is 0 Å². The Labute approximate surface area is 103 Å². The SMILES string of the molecule is CC(C)(CC(=O)O)c1ccc(CC(F)(F)F)cc1. The second-order valence-electron chi connectivity index (χ2n) is 4.94. The fourth-order valence-corrected chi connectivity index (χ4v) is 1.79. The van der Waals surface area contributed by atoms with Crippen LogP contribution < -0.4 is 0 Å². The molecule has 18 heavy (non-hydrogen) atoms. The highest BCUT2D eigenvalue weighted by Crippen LogP contribution is 2.28. The van der Waals surface area contributed by atoms with Crippen molar-refractivity contribution in [1.82, 2.24) is 0 Å². The molecule has 2 nitrogen and oxygen atoms in total. The number of aliphatic carboxylic acids is 1. The molecule has 0 aliphatic heterocycles. The number of benzene rings is 1. The first-order valence-electron chi connectivity index (χ1n) is 5.48. The van der Waals surface area contributed by atoms with E-state index in [1.54, 1.807) is 26.0 Å². The lowest BCUT2D eigenvalue weighted by atomic mass is 9.81. The van der Waals surface area contributed by atoms with Crippen molar-refractivity contribution >= 4 is 5.97 Å². The smallest absolute Gasteiger partial charge is 0.393 e. The van der Waals surface area contributed by atoms with Crippen LogP contribution in [0.2, 0.25) is 0 Å². The Balaban J connectivity index is 2.85. The molecular weight excluding hydrogens is 245 g/mol. The first-order chi connectivity index (χ1) is 8.10. The van der Waals surface area contributed by atoms with Crippen molar-refractivity contribution in [2.24, 2.45) is 0 Å². The normalized spacial score (nSPS) is 12.5. The van der Waals surface area contributed by atoms with E-state index in [-0.39, 0.29) is 12.0 Å². The molecule has 0 aliphatic carbocycles. The lowest BCUT2D eigenvalue weighted by molar-refractivity contribution is -0.138. The quantitative estimate of drug-likeness (QED) is 0.899. The van der Waals surface area contributed by atoms with Gasteiger partial charge in [0.15, 0.2) is 0 Å². The number of hydrogen-bond donors (Lipinski definition) is 1. The van der Waals surface area contributed by atoms with E-state index in [0.717, 1.165) is 5.56 Å². The summed E-state index contributed by atoms with van der Waals surface area (Å²) in [5.74, 6) is -0.931. The minimum atomic E-state index is -4.22. The molecule has 1 N–H and O–H groups in total. The van der Waals surface area contributed by atoms with Gasteiger partial charge in [-0.15, -0.1) is 0 Å². The third-order valence-electron chi connectivity index (χ3n) is 2.73. The van der Waals surface area contributed by atoms with Crippen molar-refractivity contribution in [2.45, 2.75) is 38.3 Å². The molecule has 5 heteroatoms. The zero-order valence-electron chi connectivity index (χ0n) is 10.2. The number of carboxylic acid groups (broad SMARTS) is 1. The lowest BCUT2D eigenvalue weighted by Gasteiger charge is -2.23. The van der Waals surface area contributed by atoms with Crippen LogP contribution in [0.15, 0.2) is 24.3 Å². The Bertz CT molecular complexity index is 419. The van der Waals surface area contributed by atoms with E-state index in [1.807, 2.05) is 0 Å². The molecule has 0 bridgehead atoms. The van der Waals surface area contributed by atoms with Crippen LogP contribution in [0.1, 0.15) is 31.4 Å². The highest BCUT2D eigenvalue weighted by atomic mass is 19.4. The van der Waals surface area contributed by atoms with Gasteiger partial charge in [-0.1, -0.05) is 38.1 Å². The van der Waals surface area contributed by atoms with Crippen LogP contribution in [0.3, 0.4) is 0 Å². The van der Waals surface area contributed by atoms with Crippen molar-refractivity contribution in [2.75, 3.05) is 0 Å². The fourth-order valence-electron chi connectivity index (χ4n) is 1.79. The van der Waals surface area contributed by atoms with E-state index < -0.39 is 24.0 Å². The zero-order valence-corrected chi connectivity index (χ0v) is 10.2. The largest absolute Gasteiger partial charge is 0.481 e. The molecular formula is C13H15F3O2. The van der Waals surface area contributed by atoms with Gasteiger partial charge in [-0.05, 0) is 11.1 Å². The monoisotopic (exact) mass is 260 g/mol. The van der Waals surface area contributed by atoms with E-state index in [4.69, 9.17) is 5.11 Å². The molecule has 0 heterocycles. The Kier molecular flexibility index (Phi) is 4.04. The Hall–Kier alpha value is -1.52. The predicted octanol–water partition coefficient (Wildman–Crippen LogP) is 3.54. The van der Waals surface area contributed by atoms with Gasteiger partial charge < -0.3 is 5.11 Å². The molecule has 0 saturated carbocycles. The summed E-state index contributed by atoms with van der Waals surface area (Å²) < 4.78 is 36.5. The standard InChI is InChI=1S/C13H15F3O2/c1-12(2,8-11(17)18)10-5-3-9(4-6-10)7-13(14,15)16/h3-6H,7-8H2,1-2H3,(H,17,18). The highest BCUT2D eigenvalue weighted by Gasteiger charge is 2.28. The average molecular weight is 260 g/mol. The van der Waals surface area contributed by atoms with Crippen LogP contribution in [0.5, 0.6) is 0 Å². The van der Waals surface area contributed by atoms with Gasteiger partial charge in [-0.25, -0.2) is 0 Å². The number of carboxylic acids is 1. The summed E-state index contributed by atoms with van der Waals surface area (Å²) in [6.07, 6.45) is -5.25. The lowest BCUT2D eigenvalue weighted by Crippen LogP contribution is -2.21. The topological polar surface area (TPSA) is 37.3 Å². The van der Waals surface area contributed by atoms with Gasteiger partial charge in [0.05, 0.1) is 12.8 Å². The number of hydrogen-bond acceptors (Lipinski definition) is 1. The number of carbonyl (C=O) groups is 1. The molecule has 0 amide bonds. The molecule has 0 spiro atoms. The summed E-state index contributed by atoms with van der Waals surface area (Å²) >= 11 is 0. The van der Waals surface area contributed by atoms with Gasteiger partial charge in [-0.2, -0.15) is 13.2 Å². The van der Waals surface area contributed by atoms with Crippen molar-refractivity contribution < 1.29 is 23.1 Å². The molecule has 0 radical (unpaired) electrons. The Morgan fingerprint density at radius 1 is 1.17 bits per heavy atom. The minimum absolute atomic E-state index is 0.0639. The third kappa shape index (κ3) is 4.39. The van der Waals surface area contributed by atoms with E-state index in [1.165, 1.54) is 12.1 Å². The summed E-state index contributed by atoms with van der Waals surface area (Å²) in [7, 11) is 0. The average Bonchev–Trinajstić information content (AvgIpc) is 2.13. The molecule has 0 atom stereocenters. The molecule has 0 saturated heterocycles. The summed E-state index contributed by atoms with van der Waals surface area (Å²) in [6, 6.07) is 5.91. The predicted molar refractivity (Wildman–Crippen MR) is 61.5 cm³/mol. The maximum atomic E-state index is 12.2. The maximum Gasteiger partial charge on any atom is 0.393 e. The Morgan fingerprint density at radius 3 is 2.06 bits per heavy atom. The first kappa shape index (κ1) is 14.5. The van der Waals surface area contributed by atoms with Crippen LogP contribution in [-0.4, -0.2) is 17.3 Å². The van der Waals surface area contributed by atoms with Crippen LogP contribution in [0.4, 0.5) is 13.2 Å². The van der Waals surface area contributed by atoms with Crippen LogP contribution in [0, 0.1) is 0 Å². The third-order valence-corrected chi connectivity index (χ3v) is 2.73. The van der Waals surface area contributed by atoms with Gasteiger partial charge >= 0.3 is 12.1 Å². The van der Waals surface area contributed by atoms with E-state index >= 15 is 0 Å². The minimum Gasteiger partial charge on any atom is -0.481 e. The molecule has 1 rings (SSSR count). The second kappa shape index (κ2) is 5.00. The summed E-state index contributed by atoms with van der Waals surface area (Å²) in [4.78, 5) is 10.7. The first-order valence-corrected chi connectivity index (χ1v) is 5.48. The van der Waals surface area contributed by atoms with Crippen molar-refractivity contribution in [3.8, 4) is 0 Å². The molecule has 1 aromatic rings. The molecule has 1 aromatic carbocycles. The summed E-state index contributed by atoms with van der Waals surface area (Å²) in [6.45, 7) is 3.50. The highest BCUT2D eigenvalue weighted by molar-refractivity contribution is 5.68. The van der Waals surface area contributed by atoms with Crippen molar-refractivity contribution in [3.63, 3.8) is 0 Å². The van der Waals surface area contributed by atoms with E-state index in [9.17, 15) is 18.0 Å². The molecule has 0 aromatic heterocycles. The van der Waals surface area contributed by atoms with Gasteiger partial charge in [-0.3, -0.25) is 4.79 Å². The van der Waals surface area contributed by atoms with Gasteiger partial charge in [0.1, 0.15) is 0 Å². The number of alkyl halides is 3. The van der Waals surface area contributed by atoms with E-state index in [0.29, 0.717) is 0 Å². The maximum absolute atomic E-state index is 12.2. The molecule has 0 fully saturated rings.